The minimum Gasteiger partial charge on any atom is -0.463 e. The van der Waals surface area contributed by atoms with Crippen LogP contribution in [0.3, 0.4) is 0 Å². The van der Waals surface area contributed by atoms with Crippen molar-refractivity contribution in [2.24, 2.45) is 11.7 Å². The van der Waals surface area contributed by atoms with Gasteiger partial charge in [0, 0.05) is 37.3 Å². The van der Waals surface area contributed by atoms with E-state index in [1.165, 1.54) is 24.3 Å². The van der Waals surface area contributed by atoms with Crippen LogP contribution >= 0.6 is 0 Å². The summed E-state index contributed by atoms with van der Waals surface area (Å²) in [6, 6.07) is 5.07. The Hall–Kier alpha value is -7.31. The van der Waals surface area contributed by atoms with Gasteiger partial charge in [-0.3, -0.25) is 33.4 Å². The normalized spacial score (nSPS) is 13.1. The van der Waals surface area contributed by atoms with E-state index in [9.17, 15) is 43.6 Å². The third-order valence-corrected chi connectivity index (χ3v) is 9.55. The molecule has 0 aliphatic carbocycles. The Morgan fingerprint density at radius 1 is 0.919 bits per heavy atom. The molecule has 62 heavy (non-hydrogen) atoms. The van der Waals surface area contributed by atoms with Crippen molar-refractivity contribution in [1.29, 1.82) is 5.26 Å². The van der Waals surface area contributed by atoms with E-state index in [-0.39, 0.29) is 85.6 Å². The Labute approximate surface area is 356 Å². The SMILES string of the molecule is CCCCOc1nc(N)c2c(n1)n(CC#N)c(=O)n2C(=O)OCc1ccc(NC(=O)[C@H](CCCNC(N)=O)NC(=O)[C@@H](NC(=O)CCCCCN2C(=O)C=CC2=O)C(C)C)cc1. The first-order valence-electron chi connectivity index (χ1n) is 20.2. The van der Waals surface area contributed by atoms with Crippen molar-refractivity contribution in [1.82, 2.24) is 40.0 Å². The van der Waals surface area contributed by atoms with E-state index >= 15 is 0 Å². The number of nitrogens with one attached hydrogen (secondary N) is 4. The van der Waals surface area contributed by atoms with Crippen molar-refractivity contribution in [3.8, 4) is 12.1 Å². The Morgan fingerprint density at radius 3 is 2.27 bits per heavy atom. The van der Waals surface area contributed by atoms with Crippen molar-refractivity contribution >= 4 is 64.3 Å². The fourth-order valence-electron chi connectivity index (χ4n) is 6.24. The van der Waals surface area contributed by atoms with Crippen molar-refractivity contribution < 1.29 is 43.0 Å². The van der Waals surface area contributed by atoms with Crippen LogP contribution in [0, 0.1) is 17.2 Å². The second-order valence-corrected chi connectivity index (χ2v) is 14.6. The molecule has 0 fully saturated rings. The molecule has 4 rings (SSSR count). The molecular weight excluding hydrogens is 809 g/mol. The molecule has 8 N–H and O–H groups in total. The minimum absolute atomic E-state index is 0.0783. The van der Waals surface area contributed by atoms with Crippen LogP contribution in [0.5, 0.6) is 6.01 Å². The fraction of sp³-hybridized carbons (Fsp3) is 0.475. The molecule has 3 heterocycles. The molecule has 1 aliphatic rings. The van der Waals surface area contributed by atoms with E-state index < -0.39 is 48.3 Å². The number of unbranched alkanes of at least 4 members (excludes halogenated alkanes) is 3. The molecule has 1 aromatic carbocycles. The van der Waals surface area contributed by atoms with Gasteiger partial charge < -0.3 is 42.2 Å². The van der Waals surface area contributed by atoms with Crippen LogP contribution in [0.4, 0.5) is 21.1 Å². The molecule has 22 nitrogen and oxygen atoms in total. The highest BCUT2D eigenvalue weighted by Gasteiger charge is 2.30. The van der Waals surface area contributed by atoms with Crippen LogP contribution < -0.4 is 43.2 Å². The van der Waals surface area contributed by atoms with Crippen LogP contribution in [0.2, 0.25) is 0 Å². The van der Waals surface area contributed by atoms with E-state index in [0.717, 1.165) is 15.9 Å². The number of nitriles is 1. The van der Waals surface area contributed by atoms with Crippen molar-refractivity contribution in [2.45, 2.75) is 97.4 Å². The Bertz CT molecular complexity index is 2240. The number of carbonyl (C=O) groups is 7. The number of rotatable bonds is 23. The topological polar surface area (TPSA) is 318 Å². The van der Waals surface area contributed by atoms with Crippen molar-refractivity contribution in [3.63, 3.8) is 0 Å². The number of imidazole rings is 1. The van der Waals surface area contributed by atoms with E-state index in [4.69, 9.17) is 20.9 Å². The molecule has 1 aliphatic heterocycles. The van der Waals surface area contributed by atoms with Gasteiger partial charge in [0.2, 0.25) is 17.7 Å². The molecule has 0 spiro atoms. The maximum Gasteiger partial charge on any atom is 0.423 e. The highest BCUT2D eigenvalue weighted by atomic mass is 16.6. The number of hydrogen-bond acceptors (Lipinski definition) is 14. The van der Waals surface area contributed by atoms with Gasteiger partial charge in [0.15, 0.2) is 11.5 Å². The average Bonchev–Trinajstić information content (AvgIpc) is 3.70. The number of nitrogens with zero attached hydrogens (tertiary/aromatic N) is 6. The number of anilines is 2. The number of urea groups is 1. The lowest BCUT2D eigenvalue weighted by atomic mass is 10.0. The smallest absolute Gasteiger partial charge is 0.423 e. The molecular formula is C40H52N12O10. The highest BCUT2D eigenvalue weighted by molar-refractivity contribution is 6.12. The number of nitrogen functional groups attached to an aromatic ring is 1. The quantitative estimate of drug-likeness (QED) is 0.0583. The summed E-state index contributed by atoms with van der Waals surface area (Å²) in [4.78, 5) is 111. The number of amides is 7. The van der Waals surface area contributed by atoms with Crippen LogP contribution in [0.15, 0.2) is 41.2 Å². The van der Waals surface area contributed by atoms with E-state index in [0.29, 0.717) is 48.1 Å². The lowest BCUT2D eigenvalue weighted by Crippen LogP contribution is -2.54. The average molecular weight is 861 g/mol. The monoisotopic (exact) mass is 860 g/mol. The first kappa shape index (κ1) is 47.4. The van der Waals surface area contributed by atoms with Gasteiger partial charge in [0.25, 0.3) is 11.8 Å². The molecule has 0 saturated heterocycles. The molecule has 22 heteroatoms. The number of ether oxygens (including phenoxy) is 2. The number of benzene rings is 1. The van der Waals surface area contributed by atoms with Gasteiger partial charge in [0.05, 0.1) is 12.7 Å². The van der Waals surface area contributed by atoms with Gasteiger partial charge in [-0.2, -0.15) is 19.8 Å². The summed E-state index contributed by atoms with van der Waals surface area (Å²) in [7, 11) is 0. The number of primary amides is 1. The number of imide groups is 1. The zero-order valence-corrected chi connectivity index (χ0v) is 34.8. The first-order valence-corrected chi connectivity index (χ1v) is 20.2. The number of hydrogen-bond donors (Lipinski definition) is 6. The molecule has 332 valence electrons. The van der Waals surface area contributed by atoms with Crippen LogP contribution in [0.25, 0.3) is 11.2 Å². The summed E-state index contributed by atoms with van der Waals surface area (Å²) < 4.78 is 12.5. The summed E-state index contributed by atoms with van der Waals surface area (Å²) >= 11 is 0. The zero-order valence-electron chi connectivity index (χ0n) is 34.8. The summed E-state index contributed by atoms with van der Waals surface area (Å²) in [5.41, 5.74) is 10.9. The lowest BCUT2D eigenvalue weighted by molar-refractivity contribution is -0.137. The lowest BCUT2D eigenvalue weighted by Gasteiger charge is -2.25. The van der Waals surface area contributed by atoms with E-state index in [2.05, 4.69) is 31.2 Å². The van der Waals surface area contributed by atoms with E-state index in [1.54, 1.807) is 26.0 Å². The van der Waals surface area contributed by atoms with Crippen molar-refractivity contribution in [3.05, 3.63) is 52.5 Å². The summed E-state index contributed by atoms with van der Waals surface area (Å²) in [6.45, 7) is 5.36. The second-order valence-electron chi connectivity index (χ2n) is 14.6. The van der Waals surface area contributed by atoms with Gasteiger partial charge in [-0.15, -0.1) is 0 Å². The number of nitrogens with two attached hydrogens (primary N) is 2. The number of aromatic nitrogens is 4. The second kappa shape index (κ2) is 22.9. The summed E-state index contributed by atoms with van der Waals surface area (Å²) in [6.07, 6.45) is 4.87. The third-order valence-electron chi connectivity index (χ3n) is 9.55. The van der Waals surface area contributed by atoms with Crippen LogP contribution in [-0.4, -0.2) is 97.4 Å². The van der Waals surface area contributed by atoms with Gasteiger partial charge in [0.1, 0.15) is 30.8 Å². The maximum atomic E-state index is 13.6. The molecule has 7 amide bonds. The first-order chi connectivity index (χ1) is 29.6. The highest BCUT2D eigenvalue weighted by Crippen LogP contribution is 2.21. The molecule has 2 aromatic heterocycles. The molecule has 0 unspecified atom stereocenters. The fourth-order valence-corrected chi connectivity index (χ4v) is 6.24. The summed E-state index contributed by atoms with van der Waals surface area (Å²) in [5.74, 6) is -2.91. The summed E-state index contributed by atoms with van der Waals surface area (Å²) in [5, 5.41) is 20.0. The molecule has 3 aromatic rings. The number of carbonyl (C=O) groups excluding carboxylic acids is 7. The largest absolute Gasteiger partial charge is 0.463 e. The molecule has 0 radical (unpaired) electrons. The van der Waals surface area contributed by atoms with Crippen LogP contribution in [0.1, 0.15) is 77.7 Å². The Balaban J connectivity index is 1.36. The predicted octanol–water partition coefficient (Wildman–Crippen LogP) is 1.56. The Morgan fingerprint density at radius 2 is 1.63 bits per heavy atom. The zero-order chi connectivity index (χ0) is 45.3. The third kappa shape index (κ3) is 13.1. The standard InChI is InChI=1S/C40H52N12O10/c1-4-5-22-61-38-48-33(42)32-34(49-38)51(21-18-41)39(59)52(32)40(60)62-23-25-12-14-26(15-13-25)45-35(56)27(10-9-19-44-37(43)58)46-36(57)31(24(2)3)47-28(53)11-7-6-8-20-50-29(54)16-17-30(50)55/h12-17,24,27,31H,4-11,19-23H2,1-3H3,(H,45,56)(H,46,57)(H,47,53)(H2,42,48,49)(H3,43,44,58)/t27-,31-/m0/s1. The van der Waals surface area contributed by atoms with Crippen molar-refractivity contribution in [2.75, 3.05) is 30.7 Å². The Kier molecular flexibility index (Phi) is 17.5. The van der Waals surface area contributed by atoms with Gasteiger partial charge in [-0.1, -0.05) is 45.7 Å². The van der Waals surface area contributed by atoms with Gasteiger partial charge in [-0.05, 0) is 55.7 Å². The molecule has 0 bridgehead atoms. The van der Waals surface area contributed by atoms with Crippen LogP contribution in [-0.2, 0) is 41.9 Å². The van der Waals surface area contributed by atoms with Gasteiger partial charge in [-0.25, -0.2) is 14.4 Å². The molecule has 2 atom stereocenters. The predicted molar refractivity (Wildman–Crippen MR) is 223 cm³/mol. The minimum atomic E-state index is -1.10. The number of fused-ring (bicyclic) bond motifs is 1. The van der Waals surface area contributed by atoms with E-state index in [1.807, 2.05) is 13.0 Å². The maximum absolute atomic E-state index is 13.6. The molecule has 0 saturated carbocycles. The van der Waals surface area contributed by atoms with Gasteiger partial charge >= 0.3 is 23.8 Å².